The second kappa shape index (κ2) is 7.65. The number of carbonyl (C=O) groups excluding carboxylic acids is 1. The Morgan fingerprint density at radius 1 is 1.29 bits per heavy atom. The first-order valence-electron chi connectivity index (χ1n) is 7.49. The molecule has 1 aromatic carbocycles. The number of anilines is 1. The van der Waals surface area contributed by atoms with Crippen molar-refractivity contribution in [2.24, 2.45) is 0 Å². The zero-order chi connectivity index (χ0) is 15.1. The number of rotatable bonds is 4. The Morgan fingerprint density at radius 2 is 1.95 bits per heavy atom. The van der Waals surface area contributed by atoms with Gasteiger partial charge in [-0.15, -0.1) is 0 Å². The second-order valence-electron chi connectivity index (χ2n) is 5.25. The number of nitrogens with zero attached hydrogens (tertiary/aromatic N) is 3. The maximum absolute atomic E-state index is 12.2. The zero-order valence-electron chi connectivity index (χ0n) is 12.5. The molecule has 1 aliphatic rings. The summed E-state index contributed by atoms with van der Waals surface area (Å²) in [7, 11) is 0. The third-order valence-electron chi connectivity index (χ3n) is 3.78. The largest absolute Gasteiger partial charge is 0.322 e. The highest BCUT2D eigenvalue weighted by Crippen LogP contribution is 2.12. The van der Waals surface area contributed by atoms with E-state index in [1.54, 1.807) is 0 Å². The third kappa shape index (κ3) is 4.20. The topological polar surface area (TPSA) is 59.4 Å². The number of hydrogen-bond donors (Lipinski definition) is 1. The van der Waals surface area contributed by atoms with Crippen molar-refractivity contribution < 1.29 is 4.79 Å². The van der Waals surface area contributed by atoms with Gasteiger partial charge in [0.15, 0.2) is 0 Å². The highest BCUT2D eigenvalue weighted by Gasteiger charge is 2.25. The highest BCUT2D eigenvalue weighted by molar-refractivity contribution is 5.89. The summed E-state index contributed by atoms with van der Waals surface area (Å²) in [4.78, 5) is 16.2. The number of nitriles is 1. The molecule has 0 spiro atoms. The minimum absolute atomic E-state index is 0.0191. The van der Waals surface area contributed by atoms with E-state index in [0.29, 0.717) is 13.1 Å². The van der Waals surface area contributed by atoms with Crippen molar-refractivity contribution in [1.29, 1.82) is 5.26 Å². The molecule has 5 nitrogen and oxygen atoms in total. The molecule has 2 amide bonds. The quantitative estimate of drug-likeness (QED) is 0.925. The molecule has 1 N–H and O–H groups in total. The molecule has 0 aromatic heterocycles. The van der Waals surface area contributed by atoms with Gasteiger partial charge in [0, 0.05) is 31.9 Å². The van der Waals surface area contributed by atoms with E-state index in [-0.39, 0.29) is 12.1 Å². The normalized spacial score (nSPS) is 17.0. The monoisotopic (exact) mass is 286 g/mol. The van der Waals surface area contributed by atoms with Crippen LogP contribution in [0.5, 0.6) is 0 Å². The molecule has 112 valence electrons. The molecule has 0 aliphatic carbocycles. The van der Waals surface area contributed by atoms with Gasteiger partial charge in [0.25, 0.3) is 0 Å². The second-order valence-corrected chi connectivity index (χ2v) is 5.25. The zero-order valence-corrected chi connectivity index (χ0v) is 12.5. The fraction of sp³-hybridized carbons (Fsp3) is 0.500. The fourth-order valence-corrected chi connectivity index (χ4v) is 2.56. The van der Waals surface area contributed by atoms with Crippen LogP contribution in [0.4, 0.5) is 10.5 Å². The van der Waals surface area contributed by atoms with Crippen molar-refractivity contribution in [3.05, 3.63) is 30.3 Å². The molecular weight excluding hydrogens is 264 g/mol. The Balaban J connectivity index is 1.83. The Morgan fingerprint density at radius 3 is 2.52 bits per heavy atom. The van der Waals surface area contributed by atoms with Gasteiger partial charge in [-0.25, -0.2) is 4.79 Å². The van der Waals surface area contributed by atoms with E-state index in [0.717, 1.165) is 31.6 Å². The number of carbonyl (C=O) groups is 1. The summed E-state index contributed by atoms with van der Waals surface area (Å²) in [5, 5.41) is 12.1. The van der Waals surface area contributed by atoms with Gasteiger partial charge >= 0.3 is 6.03 Å². The van der Waals surface area contributed by atoms with Gasteiger partial charge in [-0.1, -0.05) is 31.5 Å². The van der Waals surface area contributed by atoms with Crippen LogP contribution >= 0.6 is 0 Å². The van der Waals surface area contributed by atoms with Crippen molar-refractivity contribution in [2.75, 3.05) is 31.5 Å². The molecule has 0 bridgehead atoms. The lowest BCUT2D eigenvalue weighted by molar-refractivity contribution is 0.127. The first-order chi connectivity index (χ1) is 10.2. The first-order valence-corrected chi connectivity index (χ1v) is 7.49. The summed E-state index contributed by atoms with van der Waals surface area (Å²) in [6.45, 7) is 4.95. The molecule has 21 heavy (non-hydrogen) atoms. The summed E-state index contributed by atoms with van der Waals surface area (Å²) in [5.41, 5.74) is 0.811. The van der Waals surface area contributed by atoms with Crippen LogP contribution in [0, 0.1) is 11.3 Å². The average Bonchev–Trinajstić information content (AvgIpc) is 2.54. The molecule has 0 saturated carbocycles. The smallest absolute Gasteiger partial charge is 0.321 e. The number of para-hydroxylation sites is 1. The predicted molar refractivity (Wildman–Crippen MR) is 82.9 cm³/mol. The molecule has 5 heteroatoms. The van der Waals surface area contributed by atoms with Crippen LogP contribution in [0.1, 0.15) is 19.8 Å². The van der Waals surface area contributed by atoms with Gasteiger partial charge in [-0.3, -0.25) is 4.90 Å². The van der Waals surface area contributed by atoms with Gasteiger partial charge in [0.2, 0.25) is 0 Å². The van der Waals surface area contributed by atoms with Gasteiger partial charge < -0.3 is 10.2 Å². The number of urea groups is 1. The number of nitrogens with one attached hydrogen (secondary N) is 1. The number of amides is 2. The van der Waals surface area contributed by atoms with E-state index in [1.807, 2.05) is 35.2 Å². The Labute approximate surface area is 126 Å². The summed E-state index contributed by atoms with van der Waals surface area (Å²) < 4.78 is 0. The van der Waals surface area contributed by atoms with Crippen molar-refractivity contribution in [3.8, 4) is 6.07 Å². The van der Waals surface area contributed by atoms with Crippen LogP contribution in [-0.4, -0.2) is 48.1 Å². The molecule has 1 aliphatic heterocycles. The standard InChI is InChI=1S/C16H22N4O/c1-2-6-15(13-17)19-9-11-20(12-10-19)16(21)18-14-7-4-3-5-8-14/h3-5,7-8,15H,2,6,9-12H2,1H3,(H,18,21). The van der Waals surface area contributed by atoms with Crippen LogP contribution in [0.25, 0.3) is 0 Å². The van der Waals surface area contributed by atoms with Crippen LogP contribution in [0.15, 0.2) is 30.3 Å². The van der Waals surface area contributed by atoms with E-state index in [4.69, 9.17) is 0 Å². The molecule has 0 radical (unpaired) electrons. The van der Waals surface area contributed by atoms with Crippen LogP contribution in [0.3, 0.4) is 0 Å². The molecule has 1 fully saturated rings. The van der Waals surface area contributed by atoms with E-state index in [2.05, 4.69) is 23.2 Å². The third-order valence-corrected chi connectivity index (χ3v) is 3.78. The summed E-state index contributed by atoms with van der Waals surface area (Å²) >= 11 is 0. The van der Waals surface area contributed by atoms with Crippen molar-refractivity contribution in [3.63, 3.8) is 0 Å². The van der Waals surface area contributed by atoms with Gasteiger partial charge in [0.1, 0.15) is 0 Å². The molecule has 1 atom stereocenters. The van der Waals surface area contributed by atoms with Gasteiger partial charge in [-0.2, -0.15) is 5.26 Å². The number of hydrogen-bond acceptors (Lipinski definition) is 3. The highest BCUT2D eigenvalue weighted by atomic mass is 16.2. The average molecular weight is 286 g/mol. The van der Waals surface area contributed by atoms with Crippen LogP contribution in [-0.2, 0) is 0 Å². The van der Waals surface area contributed by atoms with E-state index < -0.39 is 0 Å². The molecule has 1 heterocycles. The molecule has 1 saturated heterocycles. The number of benzene rings is 1. The predicted octanol–water partition coefficient (Wildman–Crippen LogP) is 2.53. The van der Waals surface area contributed by atoms with Gasteiger partial charge in [-0.05, 0) is 18.6 Å². The Hall–Kier alpha value is -2.06. The van der Waals surface area contributed by atoms with Crippen LogP contribution < -0.4 is 5.32 Å². The minimum Gasteiger partial charge on any atom is -0.322 e. The molecule has 1 aromatic rings. The van der Waals surface area contributed by atoms with Crippen LogP contribution in [0.2, 0.25) is 0 Å². The lowest BCUT2D eigenvalue weighted by Gasteiger charge is -2.36. The summed E-state index contributed by atoms with van der Waals surface area (Å²) in [6, 6.07) is 11.7. The maximum atomic E-state index is 12.2. The summed E-state index contributed by atoms with van der Waals surface area (Å²) in [5.74, 6) is 0. The SMILES string of the molecule is CCCC(C#N)N1CCN(C(=O)Nc2ccccc2)CC1. The van der Waals surface area contributed by atoms with Crippen molar-refractivity contribution in [2.45, 2.75) is 25.8 Å². The fourth-order valence-electron chi connectivity index (χ4n) is 2.56. The number of piperazine rings is 1. The first kappa shape index (κ1) is 15.3. The summed E-state index contributed by atoms with van der Waals surface area (Å²) in [6.07, 6.45) is 1.90. The van der Waals surface area contributed by atoms with E-state index in [1.165, 1.54) is 0 Å². The van der Waals surface area contributed by atoms with E-state index in [9.17, 15) is 10.1 Å². The molecule has 1 unspecified atom stereocenters. The molecular formula is C16H22N4O. The van der Waals surface area contributed by atoms with Crippen molar-refractivity contribution in [1.82, 2.24) is 9.80 Å². The van der Waals surface area contributed by atoms with Gasteiger partial charge in [0.05, 0.1) is 12.1 Å². The Kier molecular flexibility index (Phi) is 5.59. The lowest BCUT2D eigenvalue weighted by atomic mass is 10.1. The van der Waals surface area contributed by atoms with Crippen molar-refractivity contribution >= 4 is 11.7 Å². The minimum atomic E-state index is -0.0650. The van der Waals surface area contributed by atoms with E-state index >= 15 is 0 Å². The lowest BCUT2D eigenvalue weighted by Crippen LogP contribution is -2.52. The maximum Gasteiger partial charge on any atom is 0.321 e. The molecule has 2 rings (SSSR count). The Bertz CT molecular complexity index is 489.